The number of carbonyl (C=O) groups excluding carboxylic acids is 2. The Kier molecular flexibility index (Phi) is 6.88. The molecule has 1 aromatic rings. The number of halogens is 2. The average molecular weight is 530 g/mol. The van der Waals surface area contributed by atoms with Gasteiger partial charge in [-0.15, -0.1) is 0 Å². The molecule has 150 valence electrons. The highest BCUT2D eigenvalue weighted by atomic mass is 79.9. The van der Waals surface area contributed by atoms with Gasteiger partial charge in [0.05, 0.1) is 20.9 Å². The molecule has 2 amide bonds. The minimum atomic E-state index is -4.26. The van der Waals surface area contributed by atoms with Gasteiger partial charge in [-0.25, -0.2) is 4.99 Å². The van der Waals surface area contributed by atoms with Gasteiger partial charge in [-0.1, -0.05) is 0 Å². The summed E-state index contributed by atoms with van der Waals surface area (Å²) in [5, 5.41) is 2.67. The van der Waals surface area contributed by atoms with Gasteiger partial charge in [0, 0.05) is 19.5 Å². The maximum absolute atomic E-state index is 12.4. The standard InChI is InChI=1S/C13H18Br2N6O5S/c14-7-4-8(19-10(7)15)11(22)18-5-6-3-9(20-13(16)17)12(23)21(6)1-2-27(24,25)26/h4,6,9,19H,1-3,5H2,(H,18,22)(H4,16,17,20)(H,24,25,26)/t6-,9+/m1/s1. The normalized spacial score (nSPS) is 20.0. The molecule has 2 atom stereocenters. The third-order valence-electron chi connectivity index (χ3n) is 3.87. The van der Waals surface area contributed by atoms with Crippen molar-refractivity contribution in [3.8, 4) is 0 Å². The highest BCUT2D eigenvalue weighted by Crippen LogP contribution is 2.24. The van der Waals surface area contributed by atoms with Crippen LogP contribution in [0.5, 0.6) is 0 Å². The van der Waals surface area contributed by atoms with Crippen molar-refractivity contribution in [2.75, 3.05) is 18.8 Å². The lowest BCUT2D eigenvalue weighted by Crippen LogP contribution is -2.44. The van der Waals surface area contributed by atoms with E-state index in [1.54, 1.807) is 6.07 Å². The Bertz CT molecular complexity index is 847. The molecule has 1 fully saturated rings. The van der Waals surface area contributed by atoms with Gasteiger partial charge in [-0.3, -0.25) is 14.1 Å². The van der Waals surface area contributed by atoms with Crippen LogP contribution in [0.15, 0.2) is 20.1 Å². The average Bonchev–Trinajstić information content (AvgIpc) is 3.02. The van der Waals surface area contributed by atoms with Crippen LogP contribution in [0.1, 0.15) is 16.9 Å². The molecular weight excluding hydrogens is 512 g/mol. The number of nitrogens with zero attached hydrogens (tertiary/aromatic N) is 2. The van der Waals surface area contributed by atoms with E-state index < -0.39 is 39.8 Å². The van der Waals surface area contributed by atoms with Crippen molar-refractivity contribution in [3.63, 3.8) is 0 Å². The van der Waals surface area contributed by atoms with Crippen molar-refractivity contribution in [3.05, 3.63) is 20.8 Å². The number of guanidine groups is 1. The summed E-state index contributed by atoms with van der Waals surface area (Å²) in [6.07, 6.45) is 0.195. The molecular formula is C13H18Br2N6O5S. The number of nitrogens with two attached hydrogens (primary N) is 2. The first-order valence-electron chi connectivity index (χ1n) is 7.64. The van der Waals surface area contributed by atoms with E-state index in [2.05, 4.69) is 47.2 Å². The van der Waals surface area contributed by atoms with Crippen molar-refractivity contribution >= 4 is 59.8 Å². The second kappa shape index (κ2) is 8.58. The predicted molar refractivity (Wildman–Crippen MR) is 105 cm³/mol. The molecule has 14 heteroatoms. The topological polar surface area (TPSA) is 184 Å². The summed E-state index contributed by atoms with van der Waals surface area (Å²) in [7, 11) is -4.26. The molecule has 0 saturated carbocycles. The monoisotopic (exact) mass is 528 g/mol. The number of H-pyrrole nitrogens is 1. The Morgan fingerprint density at radius 3 is 2.63 bits per heavy atom. The maximum Gasteiger partial charge on any atom is 0.267 e. The van der Waals surface area contributed by atoms with Crippen LogP contribution >= 0.6 is 31.9 Å². The van der Waals surface area contributed by atoms with Crippen LogP contribution in [-0.4, -0.2) is 71.6 Å². The molecule has 0 unspecified atom stereocenters. The van der Waals surface area contributed by atoms with Gasteiger partial charge in [0.15, 0.2) is 5.96 Å². The quantitative estimate of drug-likeness (QED) is 0.177. The van der Waals surface area contributed by atoms with E-state index in [4.69, 9.17) is 16.0 Å². The van der Waals surface area contributed by atoms with E-state index in [-0.39, 0.29) is 25.5 Å². The van der Waals surface area contributed by atoms with E-state index >= 15 is 0 Å². The van der Waals surface area contributed by atoms with Crippen LogP contribution in [0.4, 0.5) is 0 Å². The Morgan fingerprint density at radius 2 is 2.11 bits per heavy atom. The molecule has 0 aliphatic carbocycles. The first-order chi connectivity index (χ1) is 12.5. The summed E-state index contributed by atoms with van der Waals surface area (Å²) >= 11 is 6.49. The summed E-state index contributed by atoms with van der Waals surface area (Å²) < 4.78 is 32.2. The number of amides is 2. The van der Waals surface area contributed by atoms with Crippen LogP contribution in [0.2, 0.25) is 0 Å². The lowest BCUT2D eigenvalue weighted by molar-refractivity contribution is -0.129. The smallest absolute Gasteiger partial charge is 0.267 e. The zero-order chi connectivity index (χ0) is 20.4. The number of hydrogen-bond donors (Lipinski definition) is 5. The summed E-state index contributed by atoms with van der Waals surface area (Å²) in [6, 6.07) is 0.183. The van der Waals surface area contributed by atoms with Crippen molar-refractivity contribution in [1.82, 2.24) is 15.2 Å². The maximum atomic E-state index is 12.4. The molecule has 1 aromatic heterocycles. The molecule has 2 rings (SSSR count). The molecule has 11 nitrogen and oxygen atoms in total. The van der Waals surface area contributed by atoms with Gasteiger partial charge in [0.25, 0.3) is 16.0 Å². The van der Waals surface area contributed by atoms with Gasteiger partial charge in [0.2, 0.25) is 5.91 Å². The summed E-state index contributed by atoms with van der Waals surface area (Å²) in [4.78, 5) is 32.6. The van der Waals surface area contributed by atoms with Gasteiger partial charge in [0.1, 0.15) is 11.7 Å². The van der Waals surface area contributed by atoms with Gasteiger partial charge in [-0.05, 0) is 37.9 Å². The van der Waals surface area contributed by atoms with Crippen molar-refractivity contribution in [2.45, 2.75) is 18.5 Å². The van der Waals surface area contributed by atoms with E-state index in [0.717, 1.165) is 0 Å². The Labute approximate surface area is 171 Å². The van der Waals surface area contributed by atoms with Crippen LogP contribution in [0.3, 0.4) is 0 Å². The molecule has 27 heavy (non-hydrogen) atoms. The third kappa shape index (κ3) is 5.92. The number of aromatic nitrogens is 1. The Balaban J connectivity index is 2.09. The fourth-order valence-electron chi connectivity index (χ4n) is 2.68. The molecule has 0 aromatic carbocycles. The number of likely N-dealkylation sites (tertiary alicyclic amines) is 1. The summed E-state index contributed by atoms with van der Waals surface area (Å²) in [5.41, 5.74) is 10.9. The largest absolute Gasteiger partial charge is 0.370 e. The summed E-state index contributed by atoms with van der Waals surface area (Å²) in [6.45, 7) is -0.185. The van der Waals surface area contributed by atoms with Gasteiger partial charge >= 0.3 is 0 Å². The minimum Gasteiger partial charge on any atom is -0.370 e. The Hall–Kier alpha value is -1.64. The van der Waals surface area contributed by atoms with Crippen molar-refractivity contribution < 1.29 is 22.6 Å². The van der Waals surface area contributed by atoms with Crippen LogP contribution in [-0.2, 0) is 14.9 Å². The third-order valence-corrected chi connectivity index (χ3v) is 6.35. The summed E-state index contributed by atoms with van der Waals surface area (Å²) in [5.74, 6) is -1.78. The number of aromatic amines is 1. The van der Waals surface area contributed by atoms with Gasteiger partial charge < -0.3 is 26.7 Å². The molecule has 2 heterocycles. The highest BCUT2D eigenvalue weighted by molar-refractivity contribution is 9.13. The Morgan fingerprint density at radius 1 is 1.44 bits per heavy atom. The molecule has 7 N–H and O–H groups in total. The van der Waals surface area contributed by atoms with Gasteiger partial charge in [-0.2, -0.15) is 8.42 Å². The van der Waals surface area contributed by atoms with E-state index in [1.165, 1.54) is 4.90 Å². The SMILES string of the molecule is NC(N)=N[C@H]1C[C@H](CNC(=O)c2cc(Br)c(Br)[nH]2)N(CCS(=O)(=O)O)C1=O. The lowest BCUT2D eigenvalue weighted by atomic mass is 10.1. The predicted octanol–water partition coefficient (Wildman–Crippen LogP) is -0.600. The number of aliphatic imine (C=N–C) groups is 1. The second-order valence-corrected chi connectivity index (χ2v) is 9.05. The van der Waals surface area contributed by atoms with E-state index in [9.17, 15) is 18.0 Å². The van der Waals surface area contributed by atoms with Crippen molar-refractivity contribution in [2.24, 2.45) is 16.5 Å². The number of nitrogens with one attached hydrogen (secondary N) is 2. The number of hydrogen-bond acceptors (Lipinski definition) is 5. The first-order valence-corrected chi connectivity index (χ1v) is 10.8. The minimum absolute atomic E-state index is 0.0564. The zero-order valence-corrected chi connectivity index (χ0v) is 17.8. The highest BCUT2D eigenvalue weighted by Gasteiger charge is 2.40. The molecule has 0 bridgehead atoms. The molecule has 0 spiro atoms. The fourth-order valence-corrected chi connectivity index (χ4v) is 3.76. The number of rotatable bonds is 7. The van der Waals surface area contributed by atoms with Crippen LogP contribution in [0, 0.1) is 0 Å². The zero-order valence-electron chi connectivity index (χ0n) is 13.9. The molecule has 1 aliphatic rings. The van der Waals surface area contributed by atoms with Crippen LogP contribution < -0.4 is 16.8 Å². The molecule has 0 radical (unpaired) electrons. The molecule has 1 saturated heterocycles. The van der Waals surface area contributed by atoms with E-state index in [1.807, 2.05) is 0 Å². The fraction of sp³-hybridized carbons (Fsp3) is 0.462. The number of carbonyl (C=O) groups is 2. The van der Waals surface area contributed by atoms with Crippen molar-refractivity contribution in [1.29, 1.82) is 0 Å². The van der Waals surface area contributed by atoms with Crippen LogP contribution in [0.25, 0.3) is 0 Å². The lowest BCUT2D eigenvalue weighted by Gasteiger charge is -2.24. The van der Waals surface area contributed by atoms with E-state index in [0.29, 0.717) is 14.8 Å². The molecule has 1 aliphatic heterocycles. The first kappa shape index (κ1) is 21.7. The second-order valence-electron chi connectivity index (χ2n) is 5.83.